The van der Waals surface area contributed by atoms with Gasteiger partial charge in [-0.1, -0.05) is 6.07 Å². The molecule has 3 rings (SSSR count). The summed E-state index contributed by atoms with van der Waals surface area (Å²) in [4.78, 5) is 20.5. The number of thioether (sulfide) groups is 1. The van der Waals surface area contributed by atoms with Crippen molar-refractivity contribution in [1.82, 2.24) is 9.38 Å². The third-order valence-electron chi connectivity index (χ3n) is 3.06. The third kappa shape index (κ3) is 2.99. The predicted molar refractivity (Wildman–Crippen MR) is 81.9 cm³/mol. The molecule has 0 atom stereocenters. The Morgan fingerprint density at radius 1 is 1.35 bits per heavy atom. The SMILES string of the molecule is CC1=CC(=O)CCC(SCc2cn3ccccc3n2)=N1. The van der Waals surface area contributed by atoms with Gasteiger partial charge in [0.1, 0.15) is 5.65 Å². The maximum absolute atomic E-state index is 11.5. The van der Waals surface area contributed by atoms with Gasteiger partial charge in [0.2, 0.25) is 0 Å². The van der Waals surface area contributed by atoms with Crippen LogP contribution in [0.15, 0.2) is 47.4 Å². The van der Waals surface area contributed by atoms with E-state index in [2.05, 4.69) is 9.98 Å². The number of allylic oxidation sites excluding steroid dienone is 2. The Hall–Kier alpha value is -1.88. The van der Waals surface area contributed by atoms with Crippen LogP contribution in [0, 0.1) is 0 Å². The monoisotopic (exact) mass is 285 g/mol. The van der Waals surface area contributed by atoms with E-state index in [1.54, 1.807) is 17.8 Å². The first kappa shape index (κ1) is 13.1. The normalized spacial score (nSPS) is 15.9. The van der Waals surface area contributed by atoms with Crippen LogP contribution in [0.5, 0.6) is 0 Å². The number of rotatable bonds is 2. The van der Waals surface area contributed by atoms with E-state index in [0.29, 0.717) is 6.42 Å². The zero-order valence-electron chi connectivity index (χ0n) is 11.2. The predicted octanol–water partition coefficient (Wildman–Crippen LogP) is 3.23. The smallest absolute Gasteiger partial charge is 0.157 e. The molecule has 0 fully saturated rings. The van der Waals surface area contributed by atoms with Crippen molar-refractivity contribution in [3.05, 3.63) is 48.1 Å². The van der Waals surface area contributed by atoms with Gasteiger partial charge in [0.05, 0.1) is 10.7 Å². The molecule has 5 heteroatoms. The standard InChI is InChI=1S/C15H15N3OS/c1-11-8-13(19)5-6-15(16-11)20-10-12-9-18-7-3-2-4-14(18)17-12/h2-4,7-9H,5-6,10H2,1H3. The number of aromatic nitrogens is 2. The lowest BCUT2D eigenvalue weighted by molar-refractivity contribution is -0.114. The number of carbonyl (C=O) groups excluding carboxylic acids is 1. The van der Waals surface area contributed by atoms with Crippen LogP contribution in [-0.2, 0) is 10.5 Å². The minimum atomic E-state index is 0.162. The van der Waals surface area contributed by atoms with Crippen LogP contribution < -0.4 is 0 Å². The highest BCUT2D eigenvalue weighted by Gasteiger charge is 2.11. The quantitative estimate of drug-likeness (QED) is 0.851. The zero-order chi connectivity index (χ0) is 13.9. The minimum Gasteiger partial charge on any atom is -0.307 e. The van der Waals surface area contributed by atoms with Gasteiger partial charge in [0.25, 0.3) is 0 Å². The van der Waals surface area contributed by atoms with E-state index in [-0.39, 0.29) is 5.78 Å². The van der Waals surface area contributed by atoms with Crippen molar-refractivity contribution in [2.24, 2.45) is 4.99 Å². The fraction of sp³-hybridized carbons (Fsp3) is 0.267. The van der Waals surface area contributed by atoms with Crippen molar-refractivity contribution < 1.29 is 4.79 Å². The molecule has 2 aromatic heterocycles. The van der Waals surface area contributed by atoms with E-state index in [1.807, 2.05) is 41.9 Å². The highest BCUT2D eigenvalue weighted by atomic mass is 32.2. The summed E-state index contributed by atoms with van der Waals surface area (Å²) in [6.45, 7) is 1.87. The molecular weight excluding hydrogens is 270 g/mol. The summed E-state index contributed by atoms with van der Waals surface area (Å²) in [5.41, 5.74) is 2.78. The summed E-state index contributed by atoms with van der Waals surface area (Å²) in [5, 5.41) is 1.02. The Labute approximate surface area is 121 Å². The van der Waals surface area contributed by atoms with Gasteiger partial charge in [-0.2, -0.15) is 0 Å². The number of nitrogens with zero attached hydrogens (tertiary/aromatic N) is 3. The molecular formula is C15H15N3OS. The summed E-state index contributed by atoms with van der Waals surface area (Å²) in [6, 6.07) is 5.96. The third-order valence-corrected chi connectivity index (χ3v) is 4.13. The first-order valence-electron chi connectivity index (χ1n) is 6.55. The molecule has 0 bridgehead atoms. The largest absolute Gasteiger partial charge is 0.307 e. The van der Waals surface area contributed by atoms with Crippen LogP contribution in [0.1, 0.15) is 25.5 Å². The van der Waals surface area contributed by atoms with Crippen molar-refractivity contribution in [3.8, 4) is 0 Å². The summed E-state index contributed by atoms with van der Waals surface area (Å²) in [5.74, 6) is 0.941. The Morgan fingerprint density at radius 2 is 2.25 bits per heavy atom. The molecule has 3 heterocycles. The van der Waals surface area contributed by atoms with Gasteiger partial charge in [0.15, 0.2) is 5.78 Å². The Kier molecular flexibility index (Phi) is 3.69. The van der Waals surface area contributed by atoms with Gasteiger partial charge < -0.3 is 4.40 Å². The van der Waals surface area contributed by atoms with Gasteiger partial charge in [-0.25, -0.2) is 4.98 Å². The van der Waals surface area contributed by atoms with Gasteiger partial charge in [-0.15, -0.1) is 11.8 Å². The average molecular weight is 285 g/mol. The van der Waals surface area contributed by atoms with Crippen LogP contribution in [0.3, 0.4) is 0 Å². The van der Waals surface area contributed by atoms with Crippen LogP contribution in [0.25, 0.3) is 5.65 Å². The summed E-state index contributed by atoms with van der Waals surface area (Å²) in [7, 11) is 0. The number of aliphatic imine (C=N–C) groups is 1. The molecule has 20 heavy (non-hydrogen) atoms. The molecule has 4 nitrogen and oxygen atoms in total. The summed E-state index contributed by atoms with van der Waals surface area (Å²) >= 11 is 1.67. The van der Waals surface area contributed by atoms with Crippen molar-refractivity contribution in [2.75, 3.05) is 0 Å². The molecule has 0 aliphatic carbocycles. The first-order chi connectivity index (χ1) is 9.70. The number of ketones is 1. The van der Waals surface area contributed by atoms with Gasteiger partial charge in [-0.05, 0) is 19.1 Å². The topological polar surface area (TPSA) is 46.7 Å². The highest BCUT2D eigenvalue weighted by molar-refractivity contribution is 8.13. The van der Waals surface area contributed by atoms with Gasteiger partial charge in [-0.3, -0.25) is 9.79 Å². The van der Waals surface area contributed by atoms with Gasteiger partial charge in [0, 0.05) is 42.8 Å². The molecule has 0 N–H and O–H groups in total. The van der Waals surface area contributed by atoms with Crippen molar-refractivity contribution in [3.63, 3.8) is 0 Å². The maximum Gasteiger partial charge on any atom is 0.157 e. The number of hydrogen-bond donors (Lipinski definition) is 0. The van der Waals surface area contributed by atoms with Crippen molar-refractivity contribution in [2.45, 2.75) is 25.5 Å². The van der Waals surface area contributed by atoms with Crippen molar-refractivity contribution in [1.29, 1.82) is 0 Å². The van der Waals surface area contributed by atoms with E-state index in [1.165, 1.54) is 0 Å². The lowest BCUT2D eigenvalue weighted by Crippen LogP contribution is -1.96. The maximum atomic E-state index is 11.5. The minimum absolute atomic E-state index is 0.162. The van der Waals surface area contributed by atoms with Crippen LogP contribution in [-0.4, -0.2) is 20.2 Å². The fourth-order valence-electron chi connectivity index (χ4n) is 2.14. The average Bonchev–Trinajstić information content (AvgIpc) is 2.76. The zero-order valence-corrected chi connectivity index (χ0v) is 12.1. The Morgan fingerprint density at radius 3 is 3.10 bits per heavy atom. The molecule has 0 aromatic carbocycles. The first-order valence-corrected chi connectivity index (χ1v) is 7.53. The van der Waals surface area contributed by atoms with Gasteiger partial charge >= 0.3 is 0 Å². The molecule has 0 radical (unpaired) electrons. The second kappa shape index (κ2) is 5.63. The Balaban J connectivity index is 1.70. The number of pyridine rings is 1. The Bertz CT molecular complexity index is 682. The van der Waals surface area contributed by atoms with E-state index in [9.17, 15) is 4.79 Å². The molecule has 0 saturated heterocycles. The summed E-state index contributed by atoms with van der Waals surface area (Å²) in [6.07, 6.45) is 6.93. The second-order valence-corrected chi connectivity index (χ2v) is 5.79. The molecule has 0 unspecified atom stereocenters. The van der Waals surface area contributed by atoms with E-state index < -0.39 is 0 Å². The van der Waals surface area contributed by atoms with Crippen molar-refractivity contribution >= 4 is 28.2 Å². The van der Waals surface area contributed by atoms with E-state index in [0.717, 1.165) is 34.3 Å². The molecule has 0 amide bonds. The summed E-state index contributed by atoms with van der Waals surface area (Å²) < 4.78 is 2.01. The lowest BCUT2D eigenvalue weighted by atomic mass is 10.2. The van der Waals surface area contributed by atoms with Crippen LogP contribution in [0.4, 0.5) is 0 Å². The molecule has 0 saturated carbocycles. The van der Waals surface area contributed by atoms with E-state index in [4.69, 9.17) is 0 Å². The number of hydrogen-bond acceptors (Lipinski definition) is 4. The highest BCUT2D eigenvalue weighted by Crippen LogP contribution is 2.20. The molecule has 1 aliphatic heterocycles. The molecule has 0 spiro atoms. The number of fused-ring (bicyclic) bond motifs is 1. The lowest BCUT2D eigenvalue weighted by Gasteiger charge is -2.01. The molecule has 102 valence electrons. The molecule has 1 aliphatic rings. The van der Waals surface area contributed by atoms with Crippen LogP contribution in [0.2, 0.25) is 0 Å². The number of carbonyl (C=O) groups is 1. The number of imidazole rings is 1. The fourth-order valence-corrected chi connectivity index (χ4v) is 3.05. The second-order valence-electron chi connectivity index (χ2n) is 4.74. The van der Waals surface area contributed by atoms with Crippen LogP contribution >= 0.6 is 11.8 Å². The van der Waals surface area contributed by atoms with E-state index >= 15 is 0 Å². The molecule has 2 aromatic rings.